The second-order valence-electron chi connectivity index (χ2n) is 14.1. The lowest BCUT2D eigenvalue weighted by molar-refractivity contribution is -0.0960. The Balaban J connectivity index is 1.06. The molecule has 4 N–H and O–H groups in total. The van der Waals surface area contributed by atoms with Crippen molar-refractivity contribution in [1.82, 2.24) is 25.3 Å². The topological polar surface area (TPSA) is 155 Å². The number of pyridine rings is 1. The number of hydrogen-bond acceptors (Lipinski definition) is 10. The minimum absolute atomic E-state index is 0.0259. The van der Waals surface area contributed by atoms with Crippen LogP contribution in [0.4, 0.5) is 16.3 Å². The fraction of sp³-hybridized carbons (Fsp3) is 0.700. The molecule has 4 heterocycles. The predicted octanol–water partition coefficient (Wildman–Crippen LogP) is 3.58. The summed E-state index contributed by atoms with van der Waals surface area (Å²) in [6, 6.07) is -0.102. The van der Waals surface area contributed by atoms with Gasteiger partial charge in [-0.3, -0.25) is 4.79 Å². The Morgan fingerprint density at radius 3 is 2.62 bits per heavy atom. The molecule has 8 rings (SSSR count). The average molecular weight is 580 g/mol. The summed E-state index contributed by atoms with van der Waals surface area (Å²) in [5.74, 6) is 2.02. The molecular formula is C30H41N7O5. The van der Waals surface area contributed by atoms with Crippen LogP contribution in [0.15, 0.2) is 10.7 Å². The van der Waals surface area contributed by atoms with Crippen molar-refractivity contribution in [1.29, 1.82) is 0 Å². The first-order chi connectivity index (χ1) is 20.1. The van der Waals surface area contributed by atoms with E-state index in [-0.39, 0.29) is 35.5 Å². The van der Waals surface area contributed by atoms with E-state index in [9.17, 15) is 14.7 Å². The van der Waals surface area contributed by atoms with Gasteiger partial charge in [0.25, 0.3) is 17.6 Å². The zero-order valence-electron chi connectivity index (χ0n) is 24.6. The number of fused-ring (bicyclic) bond motifs is 1. The standard InChI is InChI=1S/C30H41N7O5/c1-29(2,3)41-28(40)37-8-5-19(6-9-37)33-26(39)25-34-27(42-36-25)21-15-32-24-20(4-7-31-24)22(21)35-30-12-16-10-17(13-30)23(38)18(11-16)14-30/h15-19,23,38H,4-14H2,1-3H3,(H,33,39)(H2,31,32,35)/t16?,17-,18+,23?,30+. The van der Waals surface area contributed by atoms with E-state index in [2.05, 4.69) is 31.1 Å². The summed E-state index contributed by atoms with van der Waals surface area (Å²) in [5, 5.41) is 25.1. The summed E-state index contributed by atoms with van der Waals surface area (Å²) < 4.78 is 11.1. The Hall–Kier alpha value is -3.41. The molecule has 4 saturated carbocycles. The molecule has 226 valence electrons. The zero-order chi connectivity index (χ0) is 29.2. The first kappa shape index (κ1) is 27.4. The van der Waals surface area contributed by atoms with Gasteiger partial charge in [-0.15, -0.1) is 0 Å². The van der Waals surface area contributed by atoms with Gasteiger partial charge in [0.15, 0.2) is 0 Å². The number of piperidine rings is 1. The van der Waals surface area contributed by atoms with Crippen LogP contribution in [-0.4, -0.2) is 80.1 Å². The van der Waals surface area contributed by atoms with Gasteiger partial charge in [-0.1, -0.05) is 5.16 Å². The van der Waals surface area contributed by atoms with Crippen LogP contribution in [0.2, 0.25) is 0 Å². The van der Waals surface area contributed by atoms with E-state index < -0.39 is 11.5 Å². The summed E-state index contributed by atoms with van der Waals surface area (Å²) in [6.07, 6.45) is 8.53. The molecule has 2 aromatic heterocycles. The molecule has 6 aliphatic rings. The summed E-state index contributed by atoms with van der Waals surface area (Å²) in [7, 11) is 0. The number of likely N-dealkylation sites (tertiary alicyclic amines) is 1. The molecule has 4 bridgehead atoms. The van der Waals surface area contributed by atoms with E-state index >= 15 is 0 Å². The Morgan fingerprint density at radius 1 is 1.17 bits per heavy atom. The van der Waals surface area contributed by atoms with Gasteiger partial charge in [0.2, 0.25) is 0 Å². The highest BCUT2D eigenvalue weighted by atomic mass is 16.6. The van der Waals surface area contributed by atoms with Gasteiger partial charge in [0, 0.05) is 43.0 Å². The lowest BCUT2D eigenvalue weighted by Crippen LogP contribution is -2.60. The molecule has 12 nitrogen and oxygen atoms in total. The number of carbonyl (C=O) groups is 2. The van der Waals surface area contributed by atoms with Gasteiger partial charge in [-0.2, -0.15) is 4.98 Å². The van der Waals surface area contributed by atoms with Crippen LogP contribution in [0.5, 0.6) is 0 Å². The molecule has 4 aliphatic carbocycles. The fourth-order valence-electron chi connectivity index (χ4n) is 8.18. The lowest BCUT2D eigenvalue weighted by atomic mass is 9.51. The van der Waals surface area contributed by atoms with Crippen molar-refractivity contribution in [3.63, 3.8) is 0 Å². The summed E-state index contributed by atoms with van der Waals surface area (Å²) in [4.78, 5) is 36.3. The molecule has 5 fully saturated rings. The van der Waals surface area contributed by atoms with Crippen LogP contribution in [0.1, 0.15) is 81.9 Å². The summed E-state index contributed by atoms with van der Waals surface area (Å²) in [6.45, 7) is 7.36. The van der Waals surface area contributed by atoms with Crippen molar-refractivity contribution >= 4 is 23.5 Å². The fourth-order valence-corrected chi connectivity index (χ4v) is 8.18. The van der Waals surface area contributed by atoms with Crippen molar-refractivity contribution in [2.75, 3.05) is 30.3 Å². The van der Waals surface area contributed by atoms with E-state index in [1.807, 2.05) is 20.8 Å². The maximum absolute atomic E-state index is 13.1. The number of rotatable bonds is 5. The second kappa shape index (κ2) is 10.1. The molecule has 2 aromatic rings. The first-order valence-electron chi connectivity index (χ1n) is 15.4. The van der Waals surface area contributed by atoms with E-state index in [0.717, 1.165) is 62.1 Å². The molecule has 5 atom stereocenters. The third-order valence-corrected chi connectivity index (χ3v) is 9.80. The van der Waals surface area contributed by atoms with Crippen molar-refractivity contribution in [2.24, 2.45) is 17.8 Å². The van der Waals surface area contributed by atoms with Crippen LogP contribution in [0.3, 0.4) is 0 Å². The van der Waals surface area contributed by atoms with Crippen LogP contribution in [0, 0.1) is 17.8 Å². The minimum Gasteiger partial charge on any atom is -0.444 e. The molecule has 2 amide bonds. The van der Waals surface area contributed by atoms with Gasteiger partial charge in [0.1, 0.15) is 11.4 Å². The molecule has 0 spiro atoms. The van der Waals surface area contributed by atoms with Crippen molar-refractivity contribution in [3.8, 4) is 11.5 Å². The first-order valence-corrected chi connectivity index (χ1v) is 15.4. The third kappa shape index (κ3) is 5.07. The van der Waals surface area contributed by atoms with Crippen molar-refractivity contribution in [2.45, 2.75) is 95.4 Å². The molecule has 0 radical (unpaired) electrons. The minimum atomic E-state index is -0.545. The number of aliphatic hydroxyl groups is 1. The third-order valence-electron chi connectivity index (χ3n) is 9.80. The molecule has 1 saturated heterocycles. The van der Waals surface area contributed by atoms with E-state index in [1.165, 1.54) is 0 Å². The largest absolute Gasteiger partial charge is 0.444 e. The van der Waals surface area contributed by atoms with Crippen molar-refractivity contribution in [3.05, 3.63) is 17.6 Å². The zero-order valence-corrected chi connectivity index (χ0v) is 24.6. The number of carbonyl (C=O) groups excluding carboxylic acids is 2. The quantitative estimate of drug-likeness (QED) is 0.413. The lowest BCUT2D eigenvalue weighted by Gasteiger charge is -2.59. The number of ether oxygens (including phenoxy) is 1. The van der Waals surface area contributed by atoms with Crippen molar-refractivity contribution < 1.29 is 24.0 Å². The maximum Gasteiger partial charge on any atom is 0.410 e. The number of aliphatic hydroxyl groups excluding tert-OH is 1. The van der Waals surface area contributed by atoms with Gasteiger partial charge in [0.05, 0.1) is 17.4 Å². The molecular weight excluding hydrogens is 538 g/mol. The van der Waals surface area contributed by atoms with Crippen LogP contribution < -0.4 is 16.0 Å². The summed E-state index contributed by atoms with van der Waals surface area (Å²) >= 11 is 0. The highest BCUT2D eigenvalue weighted by Crippen LogP contribution is 2.57. The normalized spacial score (nSPS) is 30.1. The number of nitrogens with one attached hydrogen (secondary N) is 3. The highest BCUT2D eigenvalue weighted by molar-refractivity contribution is 5.91. The Morgan fingerprint density at radius 2 is 1.90 bits per heavy atom. The number of anilines is 2. The molecule has 0 aromatic carbocycles. The summed E-state index contributed by atoms with van der Waals surface area (Å²) in [5.41, 5.74) is 2.13. The molecule has 2 aliphatic heterocycles. The van der Waals surface area contributed by atoms with Gasteiger partial charge >= 0.3 is 6.09 Å². The van der Waals surface area contributed by atoms with E-state index in [1.54, 1.807) is 11.1 Å². The van der Waals surface area contributed by atoms with Gasteiger partial charge in [-0.25, -0.2) is 9.78 Å². The van der Waals surface area contributed by atoms with Crippen LogP contribution in [-0.2, 0) is 11.2 Å². The van der Waals surface area contributed by atoms with E-state index in [0.29, 0.717) is 49.2 Å². The molecule has 42 heavy (non-hydrogen) atoms. The Kier molecular flexibility index (Phi) is 6.59. The van der Waals surface area contributed by atoms with Gasteiger partial charge < -0.3 is 35.2 Å². The van der Waals surface area contributed by atoms with Crippen LogP contribution >= 0.6 is 0 Å². The second-order valence-corrected chi connectivity index (χ2v) is 14.1. The van der Waals surface area contributed by atoms with Crippen LogP contribution in [0.25, 0.3) is 11.5 Å². The highest BCUT2D eigenvalue weighted by Gasteiger charge is 2.55. The number of nitrogens with zero attached hydrogens (tertiary/aromatic N) is 4. The number of aromatic nitrogens is 3. The number of hydrogen-bond donors (Lipinski definition) is 4. The monoisotopic (exact) mass is 579 g/mol. The Labute approximate surface area is 245 Å². The molecule has 12 heteroatoms. The predicted molar refractivity (Wildman–Crippen MR) is 154 cm³/mol. The Bertz CT molecular complexity index is 1360. The van der Waals surface area contributed by atoms with E-state index in [4.69, 9.17) is 9.26 Å². The molecule has 2 unspecified atom stereocenters. The van der Waals surface area contributed by atoms with Gasteiger partial charge in [-0.05, 0) is 89.9 Å². The number of amides is 2. The SMILES string of the molecule is CC(C)(C)OC(=O)N1CCC(NC(=O)c2noc(-c3cnc4c(c3N[C@@]35CC6C[C@H](C3)C(O)[C@@H](C6)C5)CCN4)n2)CC1. The maximum atomic E-state index is 13.1. The average Bonchev–Trinajstić information content (AvgIpc) is 3.61. The smallest absolute Gasteiger partial charge is 0.410 e.